The number of amides is 2. The van der Waals surface area contributed by atoms with Gasteiger partial charge < -0.3 is 10.6 Å². The van der Waals surface area contributed by atoms with E-state index in [0.717, 1.165) is 0 Å². The van der Waals surface area contributed by atoms with Gasteiger partial charge in [-0.3, -0.25) is 20.2 Å². The molecule has 0 saturated carbocycles. The molecule has 2 aromatic rings. The van der Waals surface area contributed by atoms with E-state index in [1.165, 1.54) is 42.5 Å². The van der Waals surface area contributed by atoms with E-state index in [9.17, 15) is 25.0 Å². The SMILES string of the molecule is O=C(Nc1ccc([N+](=O)[O-])cc1)Nc1ccccc1[N+](=O)[O-]. The van der Waals surface area contributed by atoms with Crippen LogP contribution in [0, 0.1) is 20.2 Å². The van der Waals surface area contributed by atoms with Crippen molar-refractivity contribution in [1.29, 1.82) is 0 Å². The molecule has 22 heavy (non-hydrogen) atoms. The quantitative estimate of drug-likeness (QED) is 0.662. The van der Waals surface area contributed by atoms with Crippen molar-refractivity contribution in [1.82, 2.24) is 0 Å². The Labute approximate surface area is 123 Å². The Morgan fingerprint density at radius 3 is 2.09 bits per heavy atom. The largest absolute Gasteiger partial charge is 0.323 e. The summed E-state index contributed by atoms with van der Waals surface area (Å²) in [7, 11) is 0. The predicted octanol–water partition coefficient (Wildman–Crippen LogP) is 3.15. The van der Waals surface area contributed by atoms with Gasteiger partial charge in [-0.1, -0.05) is 12.1 Å². The number of hydrogen-bond donors (Lipinski definition) is 2. The molecule has 2 amide bonds. The van der Waals surface area contributed by atoms with Crippen molar-refractivity contribution >= 4 is 28.8 Å². The van der Waals surface area contributed by atoms with Crippen molar-refractivity contribution in [3.63, 3.8) is 0 Å². The smallest absolute Gasteiger partial charge is 0.308 e. The van der Waals surface area contributed by atoms with Gasteiger partial charge in [0.05, 0.1) is 9.85 Å². The lowest BCUT2D eigenvalue weighted by Gasteiger charge is -2.07. The number of nitrogens with zero attached hydrogens (tertiary/aromatic N) is 2. The first-order chi connectivity index (χ1) is 10.5. The first-order valence-corrected chi connectivity index (χ1v) is 6.03. The number of rotatable bonds is 4. The number of non-ortho nitro benzene ring substituents is 1. The van der Waals surface area contributed by atoms with Gasteiger partial charge in [0, 0.05) is 23.9 Å². The van der Waals surface area contributed by atoms with Crippen molar-refractivity contribution in [2.24, 2.45) is 0 Å². The lowest BCUT2D eigenvalue weighted by molar-refractivity contribution is -0.384. The van der Waals surface area contributed by atoms with E-state index in [1.54, 1.807) is 6.07 Å². The molecule has 9 nitrogen and oxygen atoms in total. The third-order valence-electron chi connectivity index (χ3n) is 2.68. The fourth-order valence-electron chi connectivity index (χ4n) is 1.69. The first kappa shape index (κ1) is 14.9. The molecule has 0 saturated heterocycles. The second-order valence-corrected chi connectivity index (χ2v) is 4.16. The van der Waals surface area contributed by atoms with Crippen LogP contribution in [-0.4, -0.2) is 15.9 Å². The van der Waals surface area contributed by atoms with Gasteiger partial charge in [0.1, 0.15) is 5.69 Å². The predicted molar refractivity (Wildman–Crippen MR) is 78.8 cm³/mol. The Hall–Kier alpha value is -3.49. The zero-order chi connectivity index (χ0) is 16.1. The van der Waals surface area contributed by atoms with Gasteiger partial charge in [-0.2, -0.15) is 0 Å². The van der Waals surface area contributed by atoms with Crippen LogP contribution in [-0.2, 0) is 0 Å². The average molecular weight is 302 g/mol. The maximum Gasteiger partial charge on any atom is 0.323 e. The first-order valence-electron chi connectivity index (χ1n) is 6.03. The Morgan fingerprint density at radius 1 is 0.864 bits per heavy atom. The molecule has 0 bridgehead atoms. The Balaban J connectivity index is 2.07. The van der Waals surface area contributed by atoms with Crippen LogP contribution in [0.1, 0.15) is 0 Å². The zero-order valence-electron chi connectivity index (χ0n) is 11.1. The van der Waals surface area contributed by atoms with Crippen LogP contribution >= 0.6 is 0 Å². The van der Waals surface area contributed by atoms with Gasteiger partial charge >= 0.3 is 6.03 Å². The summed E-state index contributed by atoms with van der Waals surface area (Å²) in [6, 6.07) is 10.2. The average Bonchev–Trinajstić information content (AvgIpc) is 2.48. The normalized spacial score (nSPS) is 9.82. The number of urea groups is 1. The molecule has 112 valence electrons. The molecule has 0 unspecified atom stereocenters. The van der Waals surface area contributed by atoms with Crippen LogP contribution in [0.5, 0.6) is 0 Å². The number of carbonyl (C=O) groups is 1. The molecule has 0 heterocycles. The lowest BCUT2D eigenvalue weighted by Crippen LogP contribution is -2.20. The van der Waals surface area contributed by atoms with E-state index in [-0.39, 0.29) is 17.1 Å². The molecule has 2 aromatic carbocycles. The molecular weight excluding hydrogens is 292 g/mol. The minimum absolute atomic E-state index is 0.0481. The third-order valence-corrected chi connectivity index (χ3v) is 2.68. The molecular formula is C13H10N4O5. The van der Waals surface area contributed by atoms with E-state index in [1.807, 2.05) is 0 Å². The van der Waals surface area contributed by atoms with Gasteiger partial charge in [0.25, 0.3) is 11.4 Å². The van der Waals surface area contributed by atoms with Gasteiger partial charge in [-0.05, 0) is 18.2 Å². The molecule has 0 aromatic heterocycles. The van der Waals surface area contributed by atoms with Crippen LogP contribution in [0.4, 0.5) is 27.5 Å². The number of para-hydroxylation sites is 2. The zero-order valence-corrected chi connectivity index (χ0v) is 11.1. The van der Waals surface area contributed by atoms with Crippen LogP contribution < -0.4 is 10.6 Å². The summed E-state index contributed by atoms with van der Waals surface area (Å²) in [6.07, 6.45) is 0. The molecule has 0 spiro atoms. The van der Waals surface area contributed by atoms with Crippen LogP contribution in [0.25, 0.3) is 0 Å². The second kappa shape index (κ2) is 6.31. The topological polar surface area (TPSA) is 127 Å². The van der Waals surface area contributed by atoms with Crippen LogP contribution in [0.3, 0.4) is 0 Å². The van der Waals surface area contributed by atoms with Gasteiger partial charge in [0.2, 0.25) is 0 Å². The highest BCUT2D eigenvalue weighted by Gasteiger charge is 2.14. The monoisotopic (exact) mass is 302 g/mol. The fraction of sp³-hybridized carbons (Fsp3) is 0. The minimum atomic E-state index is -0.692. The van der Waals surface area contributed by atoms with Crippen molar-refractivity contribution in [2.75, 3.05) is 10.6 Å². The number of nitrogens with one attached hydrogen (secondary N) is 2. The maximum absolute atomic E-state index is 11.8. The number of nitro benzene ring substituents is 2. The number of nitro groups is 2. The molecule has 0 fully saturated rings. The molecule has 0 radical (unpaired) electrons. The number of anilines is 2. The highest BCUT2D eigenvalue weighted by atomic mass is 16.6. The molecule has 0 aliphatic heterocycles. The van der Waals surface area contributed by atoms with Crippen LogP contribution in [0.15, 0.2) is 48.5 Å². The molecule has 0 aliphatic rings. The van der Waals surface area contributed by atoms with E-state index in [0.29, 0.717) is 5.69 Å². The summed E-state index contributed by atoms with van der Waals surface area (Å²) in [5.41, 5.74) is 0.0274. The number of hydrogen-bond acceptors (Lipinski definition) is 5. The van der Waals surface area contributed by atoms with Gasteiger partial charge in [0.15, 0.2) is 0 Å². The molecule has 0 atom stereocenters. The summed E-state index contributed by atoms with van der Waals surface area (Å²) >= 11 is 0. The maximum atomic E-state index is 11.8. The van der Waals surface area contributed by atoms with Crippen molar-refractivity contribution < 1.29 is 14.6 Å². The van der Waals surface area contributed by atoms with E-state index in [2.05, 4.69) is 10.6 Å². The molecule has 0 aliphatic carbocycles. The Kier molecular flexibility index (Phi) is 4.27. The molecule has 9 heteroatoms. The van der Waals surface area contributed by atoms with E-state index >= 15 is 0 Å². The highest BCUT2D eigenvalue weighted by Crippen LogP contribution is 2.23. The van der Waals surface area contributed by atoms with E-state index < -0.39 is 15.9 Å². The summed E-state index contributed by atoms with van der Waals surface area (Å²) in [5.74, 6) is 0. The molecule has 2 N–H and O–H groups in total. The Morgan fingerprint density at radius 2 is 1.50 bits per heavy atom. The fourth-order valence-corrected chi connectivity index (χ4v) is 1.69. The Bertz CT molecular complexity index is 729. The van der Waals surface area contributed by atoms with Gasteiger partial charge in [-0.15, -0.1) is 0 Å². The number of benzene rings is 2. The minimum Gasteiger partial charge on any atom is -0.308 e. The summed E-state index contributed by atoms with van der Waals surface area (Å²) in [4.78, 5) is 32.0. The van der Waals surface area contributed by atoms with Crippen molar-refractivity contribution in [2.45, 2.75) is 0 Å². The van der Waals surface area contributed by atoms with Gasteiger partial charge in [-0.25, -0.2) is 4.79 Å². The number of carbonyl (C=O) groups excluding carboxylic acids is 1. The summed E-state index contributed by atoms with van der Waals surface area (Å²) < 4.78 is 0. The summed E-state index contributed by atoms with van der Waals surface area (Å²) in [6.45, 7) is 0. The molecule has 2 rings (SSSR count). The van der Waals surface area contributed by atoms with Crippen molar-refractivity contribution in [3.8, 4) is 0 Å². The third kappa shape index (κ3) is 3.54. The van der Waals surface area contributed by atoms with E-state index in [4.69, 9.17) is 0 Å². The highest BCUT2D eigenvalue weighted by molar-refractivity contribution is 6.01. The van der Waals surface area contributed by atoms with Crippen molar-refractivity contribution in [3.05, 3.63) is 68.8 Å². The second-order valence-electron chi connectivity index (χ2n) is 4.16. The summed E-state index contributed by atoms with van der Waals surface area (Å²) in [5, 5.41) is 26.1. The lowest BCUT2D eigenvalue weighted by atomic mass is 10.2. The standard InChI is InChI=1S/C13H10N4O5/c18-13(14-9-5-7-10(8-6-9)16(19)20)15-11-3-1-2-4-12(11)17(21)22/h1-8H,(H2,14,15,18). The van der Waals surface area contributed by atoms with Crippen LogP contribution in [0.2, 0.25) is 0 Å².